The van der Waals surface area contributed by atoms with Crippen LogP contribution in [0.1, 0.15) is 24.1 Å². The number of rotatable bonds is 4. The Hall–Kier alpha value is -3.68. The molecule has 0 spiro atoms. The minimum atomic E-state index is -0.473. The highest BCUT2D eigenvalue weighted by molar-refractivity contribution is 5.96. The summed E-state index contributed by atoms with van der Waals surface area (Å²) in [6.45, 7) is 0.626. The zero-order valence-electron chi connectivity index (χ0n) is 14.8. The zero-order chi connectivity index (χ0) is 19.1. The van der Waals surface area contributed by atoms with Crippen LogP contribution < -0.4 is 10.7 Å². The van der Waals surface area contributed by atoms with Crippen molar-refractivity contribution < 1.29 is 13.7 Å². The molecule has 1 amide bonds. The van der Waals surface area contributed by atoms with Gasteiger partial charge in [-0.15, -0.1) is 0 Å². The first-order chi connectivity index (χ1) is 13.7. The number of amides is 1. The van der Waals surface area contributed by atoms with E-state index in [1.54, 1.807) is 23.1 Å². The number of fused-ring (bicyclic) bond motifs is 1. The minimum absolute atomic E-state index is 0.0213. The van der Waals surface area contributed by atoms with Gasteiger partial charge in [-0.25, -0.2) is 4.79 Å². The average Bonchev–Trinajstić information content (AvgIpc) is 3.41. The molecular weight excluding hydrogens is 360 g/mol. The molecule has 0 N–H and O–H groups in total. The Bertz CT molecular complexity index is 1210. The van der Waals surface area contributed by atoms with Gasteiger partial charge >= 0.3 is 5.76 Å². The monoisotopic (exact) mass is 376 g/mol. The zero-order valence-corrected chi connectivity index (χ0v) is 14.8. The maximum atomic E-state index is 12.4. The molecule has 8 nitrogen and oxygen atoms in total. The molecule has 3 heterocycles. The summed E-state index contributed by atoms with van der Waals surface area (Å²) in [5.74, 6) is 0.149. The van der Waals surface area contributed by atoms with Crippen LogP contribution in [0, 0.1) is 0 Å². The average molecular weight is 376 g/mol. The third-order valence-corrected chi connectivity index (χ3v) is 4.90. The molecule has 5 rings (SSSR count). The Morgan fingerprint density at radius 2 is 1.82 bits per heavy atom. The number of hydrogen-bond acceptors (Lipinski definition) is 6. The number of nitrogens with zero attached hydrogens (tertiary/aromatic N) is 4. The second-order valence-corrected chi connectivity index (χ2v) is 6.71. The number of carbonyl (C=O) groups is 1. The quantitative estimate of drug-likeness (QED) is 0.543. The lowest BCUT2D eigenvalue weighted by molar-refractivity contribution is -0.117. The van der Waals surface area contributed by atoms with Gasteiger partial charge in [-0.2, -0.15) is 4.98 Å². The summed E-state index contributed by atoms with van der Waals surface area (Å²) in [4.78, 5) is 30.6. The molecule has 4 aromatic rings. The van der Waals surface area contributed by atoms with Crippen LogP contribution in [-0.4, -0.2) is 27.2 Å². The lowest BCUT2D eigenvalue weighted by Gasteiger charge is -2.15. The molecule has 1 aliphatic rings. The first-order valence-electron chi connectivity index (χ1n) is 8.95. The highest BCUT2D eigenvalue weighted by Crippen LogP contribution is 2.30. The molecule has 0 bridgehead atoms. The van der Waals surface area contributed by atoms with Crippen LogP contribution in [0.2, 0.25) is 0 Å². The van der Waals surface area contributed by atoms with E-state index < -0.39 is 5.76 Å². The van der Waals surface area contributed by atoms with E-state index in [0.29, 0.717) is 35.8 Å². The predicted molar refractivity (Wildman–Crippen MR) is 100 cm³/mol. The van der Waals surface area contributed by atoms with E-state index >= 15 is 0 Å². The van der Waals surface area contributed by atoms with E-state index in [1.165, 1.54) is 4.57 Å². The first-order valence-corrected chi connectivity index (χ1v) is 8.95. The number of anilines is 1. The fourth-order valence-electron chi connectivity index (χ4n) is 3.53. The van der Waals surface area contributed by atoms with Crippen molar-refractivity contribution in [1.82, 2.24) is 14.7 Å². The third-order valence-electron chi connectivity index (χ3n) is 4.90. The summed E-state index contributed by atoms with van der Waals surface area (Å²) in [5, 5.41) is 3.99. The highest BCUT2D eigenvalue weighted by atomic mass is 16.5. The molecule has 2 aromatic carbocycles. The Labute approximate surface area is 159 Å². The Balaban J connectivity index is 1.37. The van der Waals surface area contributed by atoms with Crippen LogP contribution in [-0.2, 0) is 11.3 Å². The molecule has 1 aliphatic heterocycles. The van der Waals surface area contributed by atoms with Crippen LogP contribution in [0.25, 0.3) is 11.1 Å². The molecule has 0 radical (unpaired) electrons. The third kappa shape index (κ3) is 2.79. The lowest BCUT2D eigenvalue weighted by Crippen LogP contribution is -2.24. The Kier molecular flexibility index (Phi) is 3.82. The SMILES string of the molecule is O=C1C[C@@H](c2nc(Cn3c(=O)oc4ccccc43)no2)CN1c1ccccc1. The van der Waals surface area contributed by atoms with Crippen molar-refractivity contribution in [3.05, 3.63) is 76.9 Å². The van der Waals surface area contributed by atoms with Gasteiger partial charge in [-0.1, -0.05) is 35.5 Å². The number of hydrogen-bond donors (Lipinski definition) is 0. The second kappa shape index (κ2) is 6.49. The fraction of sp³-hybridized carbons (Fsp3) is 0.200. The van der Waals surface area contributed by atoms with Crippen molar-refractivity contribution in [2.45, 2.75) is 18.9 Å². The van der Waals surface area contributed by atoms with Gasteiger partial charge in [-0.05, 0) is 24.3 Å². The molecule has 1 saturated heterocycles. The summed E-state index contributed by atoms with van der Waals surface area (Å²) in [6.07, 6.45) is 0.311. The standard InChI is InChI=1S/C20H16N4O4/c25-18-10-13(11-23(18)14-6-2-1-3-7-14)19-21-17(22-28-19)12-24-15-8-4-5-9-16(15)27-20(24)26/h1-9,13H,10-12H2/t13-/m1/s1. The molecule has 0 saturated carbocycles. The van der Waals surface area contributed by atoms with E-state index in [2.05, 4.69) is 10.1 Å². The van der Waals surface area contributed by atoms with Gasteiger partial charge in [0.15, 0.2) is 11.4 Å². The van der Waals surface area contributed by atoms with E-state index in [9.17, 15) is 9.59 Å². The minimum Gasteiger partial charge on any atom is -0.408 e. The Morgan fingerprint density at radius 3 is 2.68 bits per heavy atom. The highest BCUT2D eigenvalue weighted by Gasteiger charge is 2.35. The van der Waals surface area contributed by atoms with Gasteiger partial charge < -0.3 is 13.8 Å². The topological polar surface area (TPSA) is 94.4 Å². The summed E-state index contributed by atoms with van der Waals surface area (Å²) < 4.78 is 12.1. The van der Waals surface area contributed by atoms with Gasteiger partial charge in [0, 0.05) is 18.7 Å². The smallest absolute Gasteiger partial charge is 0.408 e. The van der Waals surface area contributed by atoms with Crippen molar-refractivity contribution in [3.63, 3.8) is 0 Å². The summed E-state index contributed by atoms with van der Waals surface area (Å²) in [5.41, 5.74) is 2.03. The van der Waals surface area contributed by atoms with Gasteiger partial charge in [0.25, 0.3) is 0 Å². The fourth-order valence-corrected chi connectivity index (χ4v) is 3.53. The first kappa shape index (κ1) is 16.5. The predicted octanol–water partition coefficient (Wildman–Crippen LogP) is 2.55. The van der Waals surface area contributed by atoms with Crippen LogP contribution in [0.5, 0.6) is 0 Å². The number of carbonyl (C=O) groups excluding carboxylic acids is 1. The molecule has 1 fully saturated rings. The van der Waals surface area contributed by atoms with E-state index in [1.807, 2.05) is 36.4 Å². The molecule has 0 unspecified atom stereocenters. The van der Waals surface area contributed by atoms with Crippen molar-refractivity contribution in [3.8, 4) is 0 Å². The summed E-state index contributed by atoms with van der Waals surface area (Å²) in [6, 6.07) is 16.7. The number of aromatic nitrogens is 3. The van der Waals surface area contributed by atoms with E-state index in [4.69, 9.17) is 8.94 Å². The van der Waals surface area contributed by atoms with Gasteiger partial charge in [0.05, 0.1) is 18.0 Å². The molecular formula is C20H16N4O4. The van der Waals surface area contributed by atoms with Gasteiger partial charge in [0.2, 0.25) is 11.8 Å². The molecule has 2 aromatic heterocycles. The summed E-state index contributed by atoms with van der Waals surface area (Å²) in [7, 11) is 0. The van der Waals surface area contributed by atoms with E-state index in [-0.39, 0.29) is 18.4 Å². The normalized spacial score (nSPS) is 16.9. The number of para-hydroxylation sites is 3. The lowest BCUT2D eigenvalue weighted by atomic mass is 10.1. The molecule has 0 aliphatic carbocycles. The molecule has 28 heavy (non-hydrogen) atoms. The number of oxazole rings is 1. The maximum absolute atomic E-state index is 12.4. The van der Waals surface area contributed by atoms with Gasteiger partial charge in [-0.3, -0.25) is 9.36 Å². The molecule has 1 atom stereocenters. The molecule has 140 valence electrons. The van der Waals surface area contributed by atoms with Crippen LogP contribution >= 0.6 is 0 Å². The Morgan fingerprint density at radius 1 is 1.04 bits per heavy atom. The van der Waals surface area contributed by atoms with Crippen LogP contribution in [0.15, 0.2) is 68.3 Å². The second-order valence-electron chi connectivity index (χ2n) is 6.71. The number of benzene rings is 2. The maximum Gasteiger partial charge on any atom is 0.420 e. The summed E-state index contributed by atoms with van der Waals surface area (Å²) >= 11 is 0. The largest absolute Gasteiger partial charge is 0.420 e. The van der Waals surface area contributed by atoms with Gasteiger partial charge in [0.1, 0.15) is 0 Å². The van der Waals surface area contributed by atoms with Crippen LogP contribution in [0.3, 0.4) is 0 Å². The van der Waals surface area contributed by atoms with Crippen molar-refractivity contribution in [2.24, 2.45) is 0 Å². The van der Waals surface area contributed by atoms with E-state index in [0.717, 1.165) is 5.69 Å². The molecule has 8 heteroatoms. The van der Waals surface area contributed by atoms with Crippen LogP contribution in [0.4, 0.5) is 5.69 Å². The van der Waals surface area contributed by atoms with Crippen molar-refractivity contribution >= 4 is 22.7 Å². The van der Waals surface area contributed by atoms with Crippen molar-refractivity contribution in [1.29, 1.82) is 0 Å². The van der Waals surface area contributed by atoms with Crippen molar-refractivity contribution in [2.75, 3.05) is 11.4 Å².